The summed E-state index contributed by atoms with van der Waals surface area (Å²) in [5.74, 6) is -0.669. The second-order valence-electron chi connectivity index (χ2n) is 4.33. The van der Waals surface area contributed by atoms with E-state index >= 15 is 0 Å². The van der Waals surface area contributed by atoms with E-state index in [1.165, 1.54) is 0 Å². The van der Waals surface area contributed by atoms with Crippen molar-refractivity contribution in [2.75, 3.05) is 13.1 Å². The third kappa shape index (κ3) is 2.58. The van der Waals surface area contributed by atoms with Crippen molar-refractivity contribution in [3.05, 3.63) is 30.1 Å². The maximum Gasteiger partial charge on any atom is 0.310 e. The summed E-state index contributed by atoms with van der Waals surface area (Å²) in [6, 6.07) is 5.83. The van der Waals surface area contributed by atoms with Gasteiger partial charge in [0.05, 0.1) is 5.41 Å². The lowest BCUT2D eigenvalue weighted by atomic mass is 10.1. The number of carboxylic acid groups (broad SMARTS) is 1. The normalized spacial score (nSPS) is 17.0. The highest BCUT2D eigenvalue weighted by Crippen LogP contribution is 2.45. The molecular formula is C12H16N2O2. The summed E-state index contributed by atoms with van der Waals surface area (Å²) < 4.78 is 0. The number of rotatable bonds is 6. The van der Waals surface area contributed by atoms with Gasteiger partial charge in [0.1, 0.15) is 0 Å². The molecule has 0 amide bonds. The number of carbonyl (C=O) groups is 1. The molecule has 16 heavy (non-hydrogen) atoms. The maximum absolute atomic E-state index is 10.9. The molecule has 4 heteroatoms. The van der Waals surface area contributed by atoms with Crippen LogP contribution in [0.3, 0.4) is 0 Å². The molecule has 1 aliphatic carbocycles. The van der Waals surface area contributed by atoms with E-state index in [9.17, 15) is 4.79 Å². The molecule has 2 N–H and O–H groups in total. The predicted octanol–water partition coefficient (Wildman–Crippen LogP) is 1.08. The lowest BCUT2D eigenvalue weighted by Gasteiger charge is -2.10. The summed E-state index contributed by atoms with van der Waals surface area (Å²) in [5, 5.41) is 12.2. The Hall–Kier alpha value is -1.42. The first-order chi connectivity index (χ1) is 7.73. The number of aliphatic carboxylic acids is 1. The van der Waals surface area contributed by atoms with E-state index in [1.807, 2.05) is 18.2 Å². The van der Waals surface area contributed by atoms with Gasteiger partial charge in [0, 0.05) is 31.4 Å². The molecule has 1 heterocycles. The molecule has 4 nitrogen and oxygen atoms in total. The van der Waals surface area contributed by atoms with Crippen molar-refractivity contribution in [1.29, 1.82) is 0 Å². The number of pyridine rings is 1. The standard InChI is InChI=1S/C12H16N2O2/c15-11(16)12(5-6-12)9-13-8-4-10-3-1-2-7-14-10/h1-3,7,13H,4-6,8-9H2,(H,15,16). The van der Waals surface area contributed by atoms with E-state index in [-0.39, 0.29) is 0 Å². The minimum Gasteiger partial charge on any atom is -0.481 e. The van der Waals surface area contributed by atoms with E-state index in [0.717, 1.165) is 31.5 Å². The van der Waals surface area contributed by atoms with Crippen LogP contribution in [0, 0.1) is 5.41 Å². The van der Waals surface area contributed by atoms with Crippen LogP contribution in [0.25, 0.3) is 0 Å². The monoisotopic (exact) mass is 220 g/mol. The van der Waals surface area contributed by atoms with Gasteiger partial charge in [-0.1, -0.05) is 6.07 Å². The van der Waals surface area contributed by atoms with E-state index in [0.29, 0.717) is 6.54 Å². The quantitative estimate of drug-likeness (QED) is 0.704. The Morgan fingerprint density at radius 3 is 2.88 bits per heavy atom. The number of hydrogen-bond acceptors (Lipinski definition) is 3. The topological polar surface area (TPSA) is 62.2 Å². The molecule has 1 saturated carbocycles. The van der Waals surface area contributed by atoms with Gasteiger partial charge in [0.15, 0.2) is 0 Å². The molecular weight excluding hydrogens is 204 g/mol. The average molecular weight is 220 g/mol. The van der Waals surface area contributed by atoms with Crippen molar-refractivity contribution in [1.82, 2.24) is 10.3 Å². The van der Waals surface area contributed by atoms with E-state index in [2.05, 4.69) is 10.3 Å². The summed E-state index contributed by atoms with van der Waals surface area (Å²) in [7, 11) is 0. The fourth-order valence-corrected chi connectivity index (χ4v) is 1.71. The van der Waals surface area contributed by atoms with Gasteiger partial charge in [-0.25, -0.2) is 0 Å². The molecule has 2 rings (SSSR count). The van der Waals surface area contributed by atoms with Gasteiger partial charge in [-0.2, -0.15) is 0 Å². The van der Waals surface area contributed by atoms with Crippen molar-refractivity contribution in [3.63, 3.8) is 0 Å². The zero-order valence-corrected chi connectivity index (χ0v) is 9.15. The Morgan fingerprint density at radius 1 is 1.50 bits per heavy atom. The first kappa shape index (κ1) is 11.1. The van der Waals surface area contributed by atoms with Crippen LogP contribution in [0.4, 0.5) is 0 Å². The van der Waals surface area contributed by atoms with Gasteiger partial charge >= 0.3 is 5.97 Å². The highest BCUT2D eigenvalue weighted by atomic mass is 16.4. The second-order valence-corrected chi connectivity index (χ2v) is 4.33. The Morgan fingerprint density at radius 2 is 2.31 bits per heavy atom. The maximum atomic E-state index is 10.9. The van der Waals surface area contributed by atoms with E-state index < -0.39 is 11.4 Å². The third-order valence-corrected chi connectivity index (χ3v) is 3.05. The molecule has 0 spiro atoms. The molecule has 0 radical (unpaired) electrons. The van der Waals surface area contributed by atoms with Gasteiger partial charge in [0.2, 0.25) is 0 Å². The van der Waals surface area contributed by atoms with E-state index in [1.54, 1.807) is 6.20 Å². The molecule has 1 aromatic rings. The Labute approximate surface area is 94.7 Å². The van der Waals surface area contributed by atoms with Crippen molar-refractivity contribution < 1.29 is 9.90 Å². The van der Waals surface area contributed by atoms with Crippen LogP contribution in [0.15, 0.2) is 24.4 Å². The van der Waals surface area contributed by atoms with Crippen molar-refractivity contribution in [2.24, 2.45) is 5.41 Å². The van der Waals surface area contributed by atoms with Gasteiger partial charge in [-0.15, -0.1) is 0 Å². The fraction of sp³-hybridized carbons (Fsp3) is 0.500. The number of nitrogens with zero attached hydrogens (tertiary/aromatic N) is 1. The SMILES string of the molecule is O=C(O)C1(CNCCc2ccccn2)CC1. The van der Waals surface area contributed by atoms with Crippen LogP contribution in [0.1, 0.15) is 18.5 Å². The number of aromatic nitrogens is 1. The Balaban J connectivity index is 1.68. The molecule has 0 aliphatic heterocycles. The molecule has 0 unspecified atom stereocenters. The molecule has 1 aliphatic rings. The summed E-state index contributed by atoms with van der Waals surface area (Å²) in [6.07, 6.45) is 4.23. The minimum atomic E-state index is -0.669. The fourth-order valence-electron chi connectivity index (χ4n) is 1.71. The number of nitrogens with one attached hydrogen (secondary N) is 1. The van der Waals surface area contributed by atoms with Crippen LogP contribution in [-0.2, 0) is 11.2 Å². The lowest BCUT2D eigenvalue weighted by Crippen LogP contribution is -2.31. The molecule has 0 bridgehead atoms. The third-order valence-electron chi connectivity index (χ3n) is 3.05. The largest absolute Gasteiger partial charge is 0.481 e. The molecule has 0 aromatic carbocycles. The van der Waals surface area contributed by atoms with Gasteiger partial charge < -0.3 is 10.4 Å². The second kappa shape index (κ2) is 4.61. The van der Waals surface area contributed by atoms with Crippen LogP contribution >= 0.6 is 0 Å². The highest BCUT2D eigenvalue weighted by Gasteiger charge is 2.49. The van der Waals surface area contributed by atoms with E-state index in [4.69, 9.17) is 5.11 Å². The van der Waals surface area contributed by atoms with Crippen LogP contribution in [0.5, 0.6) is 0 Å². The van der Waals surface area contributed by atoms with Crippen molar-refractivity contribution >= 4 is 5.97 Å². The van der Waals surface area contributed by atoms with Gasteiger partial charge in [0.25, 0.3) is 0 Å². The van der Waals surface area contributed by atoms with Crippen LogP contribution < -0.4 is 5.32 Å². The number of carboxylic acids is 1. The number of hydrogen-bond donors (Lipinski definition) is 2. The molecule has 1 fully saturated rings. The van der Waals surface area contributed by atoms with Crippen molar-refractivity contribution in [3.8, 4) is 0 Å². The first-order valence-electron chi connectivity index (χ1n) is 5.57. The zero-order chi connectivity index (χ0) is 11.4. The molecule has 1 aromatic heterocycles. The minimum absolute atomic E-state index is 0.468. The summed E-state index contributed by atoms with van der Waals surface area (Å²) in [4.78, 5) is 15.1. The zero-order valence-electron chi connectivity index (χ0n) is 9.15. The molecule has 0 saturated heterocycles. The lowest BCUT2D eigenvalue weighted by molar-refractivity contribution is -0.143. The summed E-state index contributed by atoms with van der Waals surface area (Å²) >= 11 is 0. The van der Waals surface area contributed by atoms with Crippen molar-refractivity contribution in [2.45, 2.75) is 19.3 Å². The van der Waals surface area contributed by atoms with Crippen LogP contribution in [-0.4, -0.2) is 29.1 Å². The van der Waals surface area contributed by atoms with Gasteiger partial charge in [-0.3, -0.25) is 9.78 Å². The predicted molar refractivity (Wildman–Crippen MR) is 60.1 cm³/mol. The first-order valence-corrected chi connectivity index (χ1v) is 5.57. The summed E-state index contributed by atoms with van der Waals surface area (Å²) in [5.41, 5.74) is 0.569. The smallest absolute Gasteiger partial charge is 0.310 e. The summed E-state index contributed by atoms with van der Waals surface area (Å²) in [6.45, 7) is 1.36. The molecule has 86 valence electrons. The Bertz CT molecular complexity index is 361. The molecule has 0 atom stereocenters. The Kier molecular flexibility index (Phi) is 3.19. The van der Waals surface area contributed by atoms with Gasteiger partial charge in [-0.05, 0) is 25.0 Å². The average Bonchev–Trinajstić information content (AvgIpc) is 3.07. The highest BCUT2D eigenvalue weighted by molar-refractivity contribution is 5.78. The van der Waals surface area contributed by atoms with Crippen LogP contribution in [0.2, 0.25) is 0 Å².